The smallest absolute Gasteiger partial charge is 0.374 e. The van der Waals surface area contributed by atoms with Crippen LogP contribution in [0.1, 0.15) is 35.7 Å². The Morgan fingerprint density at radius 3 is 2.53 bits per heavy atom. The van der Waals surface area contributed by atoms with Gasteiger partial charge in [0, 0.05) is 18.9 Å². The molecule has 1 atom stereocenters. The van der Waals surface area contributed by atoms with Gasteiger partial charge in [-0.25, -0.2) is 19.6 Å². The number of anilines is 2. The lowest BCUT2D eigenvalue weighted by Crippen LogP contribution is -2.32. The summed E-state index contributed by atoms with van der Waals surface area (Å²) in [6, 6.07) is 9.38. The number of benzene rings is 1. The van der Waals surface area contributed by atoms with Gasteiger partial charge in [-0.2, -0.15) is 8.78 Å². The van der Waals surface area contributed by atoms with Crippen molar-refractivity contribution in [3.63, 3.8) is 0 Å². The minimum absolute atomic E-state index is 0.000577. The number of carbonyl (C=O) groups is 3. The van der Waals surface area contributed by atoms with Crippen molar-refractivity contribution >= 4 is 29.4 Å². The van der Waals surface area contributed by atoms with Crippen molar-refractivity contribution in [1.82, 2.24) is 14.9 Å². The molecule has 3 aromatic rings. The summed E-state index contributed by atoms with van der Waals surface area (Å²) in [6.45, 7) is 3.47. The largest absolute Gasteiger partial charge is 0.477 e. The molecule has 12 heteroatoms. The van der Waals surface area contributed by atoms with Gasteiger partial charge < -0.3 is 19.7 Å². The standard InChI is InChI=1S/C24H25F2N5O5/c1-14-6-4-5-7-18(14)29-23(35)30-19-9-8-16(12-27-19)10-20(32)31(3)15(2)21-28-17(13-36-21)11-24(25,26)22(33)34/h4-9,12-13,15H,10-11H2,1-3H3,(H,33,34)(H2,27,29,30,35). The second kappa shape index (κ2) is 10.9. The van der Waals surface area contributed by atoms with Crippen molar-refractivity contribution < 1.29 is 32.7 Å². The number of urea groups is 1. The van der Waals surface area contributed by atoms with Crippen molar-refractivity contribution in [3.05, 3.63) is 71.6 Å². The van der Waals surface area contributed by atoms with E-state index >= 15 is 0 Å². The maximum absolute atomic E-state index is 13.4. The molecule has 2 heterocycles. The normalized spacial score (nSPS) is 12.0. The summed E-state index contributed by atoms with van der Waals surface area (Å²) in [4.78, 5) is 44.9. The van der Waals surface area contributed by atoms with Crippen LogP contribution < -0.4 is 10.6 Å². The first-order chi connectivity index (χ1) is 17.0. The number of carboxylic acids is 1. The monoisotopic (exact) mass is 501 g/mol. The van der Waals surface area contributed by atoms with Gasteiger partial charge >= 0.3 is 17.9 Å². The number of para-hydroxylation sites is 1. The van der Waals surface area contributed by atoms with Crippen LogP contribution in [0.4, 0.5) is 25.1 Å². The average Bonchev–Trinajstić information content (AvgIpc) is 3.28. The molecule has 0 aliphatic heterocycles. The Bertz CT molecular complexity index is 1250. The lowest BCUT2D eigenvalue weighted by Gasteiger charge is -2.22. The number of pyridine rings is 1. The fourth-order valence-electron chi connectivity index (χ4n) is 3.17. The molecule has 36 heavy (non-hydrogen) atoms. The zero-order valence-corrected chi connectivity index (χ0v) is 19.8. The number of aliphatic carboxylic acids is 1. The molecule has 0 saturated heterocycles. The fraction of sp³-hybridized carbons (Fsp3) is 0.292. The Kier molecular flexibility index (Phi) is 7.97. The van der Waals surface area contributed by atoms with E-state index in [2.05, 4.69) is 20.6 Å². The lowest BCUT2D eigenvalue weighted by molar-refractivity contribution is -0.164. The molecule has 1 unspecified atom stereocenters. The Hall–Kier alpha value is -4.35. The first-order valence-corrected chi connectivity index (χ1v) is 10.9. The maximum atomic E-state index is 13.4. The number of nitrogens with one attached hydrogen (secondary N) is 2. The summed E-state index contributed by atoms with van der Waals surface area (Å²) in [5.74, 6) is -6.26. The Labute approximate surface area is 205 Å². The number of rotatable bonds is 9. The summed E-state index contributed by atoms with van der Waals surface area (Å²) in [6.07, 6.45) is 1.27. The number of alkyl halides is 2. The van der Waals surface area contributed by atoms with E-state index in [-0.39, 0.29) is 23.9 Å². The van der Waals surface area contributed by atoms with Gasteiger partial charge in [-0.15, -0.1) is 0 Å². The molecule has 1 aromatic carbocycles. The van der Waals surface area contributed by atoms with Gasteiger partial charge in [0.15, 0.2) is 0 Å². The van der Waals surface area contributed by atoms with Gasteiger partial charge in [-0.3, -0.25) is 10.1 Å². The number of hydrogen-bond acceptors (Lipinski definition) is 6. The number of aryl methyl sites for hydroxylation is 1. The highest BCUT2D eigenvalue weighted by molar-refractivity contribution is 5.99. The van der Waals surface area contributed by atoms with Crippen LogP contribution in [-0.4, -0.2) is 50.9 Å². The van der Waals surface area contributed by atoms with Crippen LogP contribution in [0.5, 0.6) is 0 Å². The molecule has 0 aliphatic carbocycles. The number of oxazole rings is 1. The van der Waals surface area contributed by atoms with Gasteiger partial charge in [0.25, 0.3) is 0 Å². The van der Waals surface area contributed by atoms with Crippen LogP contribution in [0.2, 0.25) is 0 Å². The number of nitrogens with zero attached hydrogens (tertiary/aromatic N) is 3. The molecular formula is C24H25F2N5O5. The lowest BCUT2D eigenvalue weighted by atomic mass is 10.1. The minimum Gasteiger partial charge on any atom is -0.477 e. The summed E-state index contributed by atoms with van der Waals surface area (Å²) >= 11 is 0. The third-order valence-corrected chi connectivity index (χ3v) is 5.43. The summed E-state index contributed by atoms with van der Waals surface area (Å²) < 4.78 is 32.0. The maximum Gasteiger partial charge on any atom is 0.374 e. The van der Waals surface area contributed by atoms with E-state index in [1.165, 1.54) is 18.1 Å². The molecule has 0 fully saturated rings. The van der Waals surface area contributed by atoms with Gasteiger partial charge in [0.05, 0.1) is 18.5 Å². The Balaban J connectivity index is 1.55. The predicted octanol–water partition coefficient (Wildman–Crippen LogP) is 4.05. The van der Waals surface area contributed by atoms with Crippen molar-refractivity contribution in [3.8, 4) is 0 Å². The highest BCUT2D eigenvalue weighted by Crippen LogP contribution is 2.24. The van der Waals surface area contributed by atoms with Crippen LogP contribution >= 0.6 is 0 Å². The first kappa shape index (κ1) is 26.3. The van der Waals surface area contributed by atoms with Crippen molar-refractivity contribution in [2.24, 2.45) is 0 Å². The number of carboxylic acid groups (broad SMARTS) is 1. The summed E-state index contributed by atoms with van der Waals surface area (Å²) in [5.41, 5.74) is 1.93. The third kappa shape index (κ3) is 6.62. The molecule has 0 bridgehead atoms. The van der Waals surface area contributed by atoms with Crippen LogP contribution in [-0.2, 0) is 22.4 Å². The van der Waals surface area contributed by atoms with Crippen LogP contribution in [0.15, 0.2) is 53.3 Å². The molecule has 3 amide bonds. The highest BCUT2D eigenvalue weighted by atomic mass is 19.3. The average molecular weight is 501 g/mol. The molecular weight excluding hydrogens is 476 g/mol. The van der Waals surface area contributed by atoms with E-state index < -0.39 is 30.4 Å². The number of likely N-dealkylation sites (N-methyl/N-ethyl adjacent to an activating group) is 1. The molecule has 3 N–H and O–H groups in total. The van der Waals surface area contributed by atoms with E-state index in [1.807, 2.05) is 25.1 Å². The van der Waals surface area contributed by atoms with Crippen molar-refractivity contribution in [2.75, 3.05) is 17.7 Å². The molecule has 0 saturated carbocycles. The fourth-order valence-corrected chi connectivity index (χ4v) is 3.17. The van der Waals surface area contributed by atoms with E-state index in [0.717, 1.165) is 11.8 Å². The molecule has 3 rings (SSSR count). The number of halogens is 2. The van der Waals surface area contributed by atoms with Crippen LogP contribution in [0.25, 0.3) is 0 Å². The van der Waals surface area contributed by atoms with E-state index in [9.17, 15) is 23.2 Å². The highest BCUT2D eigenvalue weighted by Gasteiger charge is 2.40. The van der Waals surface area contributed by atoms with Gasteiger partial charge in [-0.05, 0) is 37.1 Å². The minimum atomic E-state index is -3.98. The second-order valence-electron chi connectivity index (χ2n) is 8.17. The quantitative estimate of drug-likeness (QED) is 0.402. The predicted molar refractivity (Wildman–Crippen MR) is 126 cm³/mol. The molecule has 0 radical (unpaired) electrons. The van der Waals surface area contributed by atoms with Crippen molar-refractivity contribution in [1.29, 1.82) is 0 Å². The third-order valence-electron chi connectivity index (χ3n) is 5.43. The van der Waals surface area contributed by atoms with E-state index in [0.29, 0.717) is 17.1 Å². The van der Waals surface area contributed by atoms with Gasteiger partial charge in [-0.1, -0.05) is 24.3 Å². The molecule has 190 valence electrons. The zero-order valence-electron chi connectivity index (χ0n) is 19.8. The Morgan fingerprint density at radius 2 is 1.89 bits per heavy atom. The SMILES string of the molecule is Cc1ccccc1NC(=O)Nc1ccc(CC(=O)N(C)C(C)c2nc(CC(F)(F)C(=O)O)co2)cn1. The zero-order chi connectivity index (χ0) is 26.5. The van der Waals surface area contributed by atoms with E-state index in [1.54, 1.807) is 25.1 Å². The van der Waals surface area contributed by atoms with Crippen LogP contribution in [0.3, 0.4) is 0 Å². The molecule has 0 aliphatic rings. The molecule has 0 spiro atoms. The van der Waals surface area contributed by atoms with Crippen molar-refractivity contribution in [2.45, 2.75) is 38.7 Å². The summed E-state index contributed by atoms with van der Waals surface area (Å²) in [7, 11) is 1.50. The van der Waals surface area contributed by atoms with E-state index in [4.69, 9.17) is 9.52 Å². The first-order valence-electron chi connectivity index (χ1n) is 10.9. The number of carbonyl (C=O) groups excluding carboxylic acids is 2. The summed E-state index contributed by atoms with van der Waals surface area (Å²) in [5, 5.41) is 13.9. The van der Waals surface area contributed by atoms with Gasteiger partial charge in [0.2, 0.25) is 11.8 Å². The molecule has 2 aromatic heterocycles. The Morgan fingerprint density at radius 1 is 1.17 bits per heavy atom. The number of hydrogen-bond donors (Lipinski definition) is 3. The second-order valence-corrected chi connectivity index (χ2v) is 8.17. The topological polar surface area (TPSA) is 138 Å². The van der Waals surface area contributed by atoms with Gasteiger partial charge in [0.1, 0.15) is 18.1 Å². The number of aromatic nitrogens is 2. The van der Waals surface area contributed by atoms with Crippen LogP contribution in [0, 0.1) is 6.92 Å². The number of amides is 3. The molecule has 10 nitrogen and oxygen atoms in total.